The van der Waals surface area contributed by atoms with Crippen LogP contribution in [0.25, 0.3) is 0 Å². The number of aromatic nitrogens is 1. The molecule has 29 heavy (non-hydrogen) atoms. The lowest BCUT2D eigenvalue weighted by molar-refractivity contribution is -0.0514. The summed E-state index contributed by atoms with van der Waals surface area (Å²) in [4.78, 5) is 10.3. The lowest BCUT2D eigenvalue weighted by atomic mass is 10.2. The summed E-state index contributed by atoms with van der Waals surface area (Å²) in [5, 5.41) is 7.59. The van der Waals surface area contributed by atoms with E-state index in [4.69, 9.17) is 4.74 Å². The number of nitrogens with one attached hydrogen (secondary N) is 2. The van der Waals surface area contributed by atoms with Gasteiger partial charge in [-0.25, -0.2) is 9.98 Å². The molecule has 1 heterocycles. The molecule has 1 aromatic heterocycles. The maximum absolute atomic E-state index is 12.5. The fraction of sp³-hybridized carbons (Fsp3) is 0.500. The molecule has 0 radical (unpaired) electrons. The maximum atomic E-state index is 12.5. The molecule has 2 aromatic rings. The van der Waals surface area contributed by atoms with Gasteiger partial charge < -0.3 is 20.1 Å². The number of alkyl halides is 2. The summed E-state index contributed by atoms with van der Waals surface area (Å²) in [5.41, 5.74) is 1.91. The minimum Gasteiger partial charge on any atom is -0.490 e. The van der Waals surface area contributed by atoms with Crippen LogP contribution in [0.5, 0.6) is 11.5 Å². The van der Waals surface area contributed by atoms with E-state index in [9.17, 15) is 8.78 Å². The van der Waals surface area contributed by atoms with Crippen molar-refractivity contribution >= 4 is 17.3 Å². The first-order chi connectivity index (χ1) is 13.9. The van der Waals surface area contributed by atoms with Gasteiger partial charge in [-0.3, -0.25) is 0 Å². The van der Waals surface area contributed by atoms with Gasteiger partial charge >= 0.3 is 6.61 Å². The predicted molar refractivity (Wildman–Crippen MR) is 112 cm³/mol. The Kier molecular flexibility index (Phi) is 9.11. The number of nitrogens with zero attached hydrogens (tertiary/aromatic N) is 2. The minimum atomic E-state index is -2.90. The Labute approximate surface area is 174 Å². The number of aryl methyl sites for hydroxylation is 2. The van der Waals surface area contributed by atoms with E-state index in [0.29, 0.717) is 25.7 Å². The van der Waals surface area contributed by atoms with Crippen molar-refractivity contribution in [2.24, 2.45) is 4.99 Å². The third-order valence-electron chi connectivity index (χ3n) is 3.99. The van der Waals surface area contributed by atoms with Crippen LogP contribution in [0.1, 0.15) is 35.0 Å². The fourth-order valence-corrected chi connectivity index (χ4v) is 3.49. The number of ether oxygens (including phenoxy) is 2. The molecule has 0 aliphatic carbocycles. The van der Waals surface area contributed by atoms with Crippen molar-refractivity contribution in [3.05, 3.63) is 39.3 Å². The summed E-state index contributed by atoms with van der Waals surface area (Å²) in [6.45, 7) is 7.14. The molecule has 2 N–H and O–H groups in total. The normalized spacial score (nSPS) is 11.6. The fourth-order valence-electron chi connectivity index (χ4n) is 2.56. The van der Waals surface area contributed by atoms with Crippen LogP contribution in [0.4, 0.5) is 8.78 Å². The molecule has 9 heteroatoms. The van der Waals surface area contributed by atoms with Gasteiger partial charge in [-0.1, -0.05) is 6.07 Å². The Morgan fingerprint density at radius 3 is 2.62 bits per heavy atom. The quantitative estimate of drug-likeness (QED) is 0.443. The number of thiazole rings is 1. The number of halogens is 2. The average molecular weight is 427 g/mol. The molecule has 0 atom stereocenters. The van der Waals surface area contributed by atoms with Gasteiger partial charge in [0, 0.05) is 24.4 Å². The van der Waals surface area contributed by atoms with Crippen molar-refractivity contribution in [3.8, 4) is 11.5 Å². The molecule has 0 saturated heterocycles. The zero-order valence-corrected chi connectivity index (χ0v) is 18.0. The highest BCUT2D eigenvalue weighted by atomic mass is 32.1. The number of guanidine groups is 1. The van der Waals surface area contributed by atoms with Crippen molar-refractivity contribution in [1.82, 2.24) is 15.6 Å². The SMILES string of the molecule is CCNC(=NCc1ccc(OC(F)F)c(OCC)c1)NCCc1nc(C)c(C)s1. The zero-order valence-electron chi connectivity index (χ0n) is 17.2. The zero-order chi connectivity index (χ0) is 21.2. The maximum Gasteiger partial charge on any atom is 0.387 e. The molecule has 0 fully saturated rings. The van der Waals surface area contributed by atoms with Gasteiger partial charge in [0.15, 0.2) is 17.5 Å². The third kappa shape index (κ3) is 7.49. The van der Waals surface area contributed by atoms with E-state index < -0.39 is 6.61 Å². The van der Waals surface area contributed by atoms with Crippen LogP contribution in [0.15, 0.2) is 23.2 Å². The van der Waals surface area contributed by atoms with Crippen LogP contribution in [0.2, 0.25) is 0 Å². The average Bonchev–Trinajstić information content (AvgIpc) is 2.99. The van der Waals surface area contributed by atoms with E-state index in [-0.39, 0.29) is 11.5 Å². The molecule has 0 aliphatic heterocycles. The van der Waals surface area contributed by atoms with E-state index >= 15 is 0 Å². The van der Waals surface area contributed by atoms with E-state index in [1.165, 1.54) is 10.9 Å². The van der Waals surface area contributed by atoms with Gasteiger partial charge in [0.1, 0.15) is 0 Å². The van der Waals surface area contributed by atoms with E-state index in [2.05, 4.69) is 32.3 Å². The summed E-state index contributed by atoms with van der Waals surface area (Å²) in [6.07, 6.45) is 0.817. The largest absolute Gasteiger partial charge is 0.490 e. The number of hydrogen-bond donors (Lipinski definition) is 2. The standard InChI is InChI=1S/C20H28F2N4O2S/c1-5-23-20(24-10-9-18-26-13(3)14(4)29-18)25-12-15-7-8-16(28-19(21)22)17(11-15)27-6-2/h7-8,11,19H,5-6,9-10,12H2,1-4H3,(H2,23,24,25). The Hall–Kier alpha value is -2.42. The van der Waals surface area contributed by atoms with Crippen LogP contribution in [-0.2, 0) is 13.0 Å². The Morgan fingerprint density at radius 2 is 2.00 bits per heavy atom. The van der Waals surface area contributed by atoms with Crippen LogP contribution < -0.4 is 20.1 Å². The second-order valence-electron chi connectivity index (χ2n) is 6.21. The highest BCUT2D eigenvalue weighted by Gasteiger charge is 2.11. The first-order valence-corrected chi connectivity index (χ1v) is 10.4. The van der Waals surface area contributed by atoms with Crippen LogP contribution in [-0.4, -0.2) is 37.3 Å². The second kappa shape index (κ2) is 11.5. The van der Waals surface area contributed by atoms with Crippen molar-refractivity contribution < 1.29 is 18.3 Å². The molecule has 6 nitrogen and oxygen atoms in total. The van der Waals surface area contributed by atoms with Gasteiger partial charge in [0.2, 0.25) is 0 Å². The van der Waals surface area contributed by atoms with Crippen LogP contribution in [0.3, 0.4) is 0 Å². The monoisotopic (exact) mass is 426 g/mol. The van der Waals surface area contributed by atoms with Crippen molar-refractivity contribution in [3.63, 3.8) is 0 Å². The topological polar surface area (TPSA) is 67.8 Å². The smallest absolute Gasteiger partial charge is 0.387 e. The Morgan fingerprint density at radius 1 is 1.21 bits per heavy atom. The summed E-state index contributed by atoms with van der Waals surface area (Å²) in [6, 6.07) is 4.86. The van der Waals surface area contributed by atoms with Crippen molar-refractivity contribution in [2.45, 2.75) is 47.3 Å². The number of hydrogen-bond acceptors (Lipinski definition) is 5. The molecule has 1 aromatic carbocycles. The Bertz CT molecular complexity index is 792. The van der Waals surface area contributed by atoms with E-state index in [1.54, 1.807) is 30.4 Å². The van der Waals surface area contributed by atoms with Gasteiger partial charge in [-0.15, -0.1) is 11.3 Å². The van der Waals surface area contributed by atoms with Gasteiger partial charge in [0.05, 0.1) is 23.9 Å². The first kappa shape index (κ1) is 22.9. The molecule has 2 rings (SSSR count). The highest BCUT2D eigenvalue weighted by Crippen LogP contribution is 2.30. The second-order valence-corrected chi connectivity index (χ2v) is 7.50. The highest BCUT2D eigenvalue weighted by molar-refractivity contribution is 7.11. The summed E-state index contributed by atoms with van der Waals surface area (Å²) >= 11 is 1.71. The number of benzene rings is 1. The van der Waals surface area contributed by atoms with E-state index in [0.717, 1.165) is 29.2 Å². The third-order valence-corrected chi connectivity index (χ3v) is 5.12. The first-order valence-electron chi connectivity index (χ1n) is 9.58. The lowest BCUT2D eigenvalue weighted by Gasteiger charge is -2.13. The van der Waals surface area contributed by atoms with Crippen molar-refractivity contribution in [1.29, 1.82) is 0 Å². The summed E-state index contributed by atoms with van der Waals surface area (Å²) in [5.74, 6) is 0.991. The molecule has 0 bridgehead atoms. The number of aliphatic imine (C=N–C) groups is 1. The van der Waals surface area contributed by atoms with Crippen molar-refractivity contribution in [2.75, 3.05) is 19.7 Å². The number of rotatable bonds is 10. The molecule has 0 spiro atoms. The minimum absolute atomic E-state index is 0.0219. The summed E-state index contributed by atoms with van der Waals surface area (Å²) in [7, 11) is 0. The molecule has 160 valence electrons. The molecular weight excluding hydrogens is 398 g/mol. The lowest BCUT2D eigenvalue weighted by Crippen LogP contribution is -2.38. The van der Waals surface area contributed by atoms with Crippen LogP contribution in [0, 0.1) is 13.8 Å². The van der Waals surface area contributed by atoms with Crippen LogP contribution >= 0.6 is 11.3 Å². The molecular formula is C20H28F2N4O2S. The summed E-state index contributed by atoms with van der Waals surface area (Å²) < 4.78 is 35.0. The van der Waals surface area contributed by atoms with Gasteiger partial charge in [-0.05, 0) is 45.4 Å². The predicted octanol–water partition coefficient (Wildman–Crippen LogP) is 4.06. The van der Waals surface area contributed by atoms with Gasteiger partial charge in [0.25, 0.3) is 0 Å². The van der Waals surface area contributed by atoms with Gasteiger partial charge in [-0.2, -0.15) is 8.78 Å². The Balaban J connectivity index is 1.99. The molecule has 0 unspecified atom stereocenters. The molecule has 0 saturated carbocycles. The van der Waals surface area contributed by atoms with E-state index in [1.807, 2.05) is 13.8 Å². The molecule has 0 aliphatic rings. The molecule has 0 amide bonds.